The molecule has 3 aromatic rings. The SMILES string of the molecule is N#CCC(C1CC1)n1nc(Nc2ccc(C3(C(F)(F)F)CCCO3)cc2)c2c(=O)[nH]ccc21. The third kappa shape index (κ3) is 3.66. The Hall–Kier alpha value is -3.32. The van der Waals surface area contributed by atoms with Crippen LogP contribution in [0.2, 0.25) is 0 Å². The van der Waals surface area contributed by atoms with Gasteiger partial charge in [-0.1, -0.05) is 12.1 Å². The molecular weight excluding hydrogens is 435 g/mol. The van der Waals surface area contributed by atoms with E-state index in [4.69, 9.17) is 4.74 Å². The summed E-state index contributed by atoms with van der Waals surface area (Å²) in [6, 6.07) is 9.66. The lowest BCUT2D eigenvalue weighted by molar-refractivity contribution is -0.269. The maximum absolute atomic E-state index is 13.8. The van der Waals surface area contributed by atoms with Gasteiger partial charge in [0.2, 0.25) is 0 Å². The van der Waals surface area contributed by atoms with Gasteiger partial charge in [-0.3, -0.25) is 9.48 Å². The Bertz CT molecular complexity index is 1260. The number of nitriles is 1. The number of fused-ring (bicyclic) bond motifs is 1. The molecule has 1 aliphatic heterocycles. The number of alkyl halides is 3. The maximum Gasteiger partial charge on any atom is 0.421 e. The molecule has 1 aromatic carbocycles. The number of hydrogen-bond acceptors (Lipinski definition) is 5. The number of rotatable bonds is 6. The Balaban J connectivity index is 1.50. The van der Waals surface area contributed by atoms with E-state index >= 15 is 0 Å². The minimum Gasteiger partial charge on any atom is -0.361 e. The van der Waals surface area contributed by atoms with Crippen molar-refractivity contribution in [3.05, 3.63) is 52.4 Å². The Morgan fingerprint density at radius 3 is 2.67 bits per heavy atom. The number of H-pyrrole nitrogens is 1. The number of halogens is 3. The first kappa shape index (κ1) is 21.5. The monoisotopic (exact) mass is 457 g/mol. The van der Waals surface area contributed by atoms with Crippen molar-refractivity contribution in [3.63, 3.8) is 0 Å². The summed E-state index contributed by atoms with van der Waals surface area (Å²) in [6.07, 6.45) is -0.461. The van der Waals surface area contributed by atoms with Crippen molar-refractivity contribution in [2.45, 2.75) is 49.9 Å². The minimum absolute atomic E-state index is 0.0501. The number of ether oxygens (including phenoxy) is 1. The summed E-state index contributed by atoms with van der Waals surface area (Å²) in [5.74, 6) is 0.634. The lowest BCUT2D eigenvalue weighted by atomic mass is 9.90. The van der Waals surface area contributed by atoms with Gasteiger partial charge in [0.05, 0.1) is 24.0 Å². The zero-order chi connectivity index (χ0) is 23.2. The van der Waals surface area contributed by atoms with E-state index in [1.807, 2.05) is 0 Å². The summed E-state index contributed by atoms with van der Waals surface area (Å²) in [5.41, 5.74) is -1.47. The van der Waals surface area contributed by atoms with E-state index < -0.39 is 11.8 Å². The molecule has 1 saturated carbocycles. The number of anilines is 2. The molecule has 0 bridgehead atoms. The van der Waals surface area contributed by atoms with Crippen molar-refractivity contribution in [3.8, 4) is 6.07 Å². The molecule has 3 heterocycles. The average Bonchev–Trinajstić information content (AvgIpc) is 3.36. The molecular formula is C23H22F3N5O2. The summed E-state index contributed by atoms with van der Waals surface area (Å²) in [7, 11) is 0. The number of aromatic nitrogens is 3. The van der Waals surface area contributed by atoms with E-state index in [0.29, 0.717) is 34.7 Å². The fraction of sp³-hybridized carbons (Fsp3) is 0.435. The van der Waals surface area contributed by atoms with Crippen LogP contribution in [0.15, 0.2) is 41.3 Å². The Morgan fingerprint density at radius 1 is 1.30 bits per heavy atom. The molecule has 2 fully saturated rings. The second-order valence-electron chi connectivity index (χ2n) is 8.61. The van der Waals surface area contributed by atoms with Gasteiger partial charge in [0, 0.05) is 18.5 Å². The van der Waals surface area contributed by atoms with E-state index in [2.05, 4.69) is 21.5 Å². The first-order chi connectivity index (χ1) is 15.8. The normalized spacial score (nSPS) is 21.8. The van der Waals surface area contributed by atoms with E-state index in [9.17, 15) is 23.2 Å². The van der Waals surface area contributed by atoms with Gasteiger partial charge in [0.15, 0.2) is 11.4 Å². The first-order valence-corrected chi connectivity index (χ1v) is 10.9. The van der Waals surface area contributed by atoms with Crippen molar-refractivity contribution in [1.82, 2.24) is 14.8 Å². The highest BCUT2D eigenvalue weighted by atomic mass is 19.4. The van der Waals surface area contributed by atoms with Crippen LogP contribution in [0.25, 0.3) is 10.9 Å². The third-order valence-corrected chi connectivity index (χ3v) is 6.50. The largest absolute Gasteiger partial charge is 0.421 e. The van der Waals surface area contributed by atoms with Gasteiger partial charge in [-0.15, -0.1) is 0 Å². The van der Waals surface area contributed by atoms with Crippen LogP contribution in [-0.2, 0) is 10.3 Å². The fourth-order valence-corrected chi connectivity index (χ4v) is 4.68. The zero-order valence-corrected chi connectivity index (χ0v) is 17.7. The molecule has 2 aliphatic rings. The summed E-state index contributed by atoms with van der Waals surface area (Å²) in [5, 5.41) is 17.3. The molecule has 2 aromatic heterocycles. The number of nitrogens with one attached hydrogen (secondary N) is 2. The van der Waals surface area contributed by atoms with Gasteiger partial charge in [0.25, 0.3) is 5.56 Å². The molecule has 5 rings (SSSR count). The average molecular weight is 457 g/mol. The number of benzene rings is 1. The summed E-state index contributed by atoms with van der Waals surface area (Å²) in [6.45, 7) is 0.0660. The van der Waals surface area contributed by atoms with E-state index in [1.165, 1.54) is 30.5 Å². The van der Waals surface area contributed by atoms with Crippen LogP contribution in [0.3, 0.4) is 0 Å². The quantitative estimate of drug-likeness (QED) is 0.549. The standard InChI is InChI=1S/C23H22F3N5O2/c24-23(25,26)22(10-1-13-33-22)15-4-6-16(7-5-15)29-20-19-18(9-12-28-21(19)32)31(30-20)17(8-11-27)14-2-3-14/h4-7,9,12,14,17H,1-3,8,10,13H2,(H,28,32)(H,29,30). The van der Waals surface area contributed by atoms with Crippen molar-refractivity contribution in [1.29, 1.82) is 5.26 Å². The summed E-state index contributed by atoms with van der Waals surface area (Å²) in [4.78, 5) is 15.2. The van der Waals surface area contributed by atoms with Crippen LogP contribution < -0.4 is 10.9 Å². The lowest BCUT2D eigenvalue weighted by Gasteiger charge is -2.31. The number of aromatic amines is 1. The van der Waals surface area contributed by atoms with Crippen LogP contribution in [0.1, 0.15) is 43.7 Å². The van der Waals surface area contributed by atoms with Crippen molar-refractivity contribution < 1.29 is 17.9 Å². The highest BCUT2D eigenvalue weighted by Crippen LogP contribution is 2.49. The van der Waals surface area contributed by atoms with Gasteiger partial charge in [-0.05, 0) is 55.4 Å². The van der Waals surface area contributed by atoms with Gasteiger partial charge in [0.1, 0.15) is 5.39 Å². The molecule has 1 saturated heterocycles. The Kier molecular flexibility index (Phi) is 5.16. The zero-order valence-electron chi connectivity index (χ0n) is 17.7. The topological polar surface area (TPSA) is 95.7 Å². The molecule has 1 aliphatic carbocycles. The molecule has 0 radical (unpaired) electrons. The van der Waals surface area contributed by atoms with Crippen LogP contribution in [0.4, 0.5) is 24.7 Å². The highest BCUT2D eigenvalue weighted by Gasteiger charge is 2.58. The minimum atomic E-state index is -4.51. The molecule has 172 valence electrons. The number of hydrogen-bond donors (Lipinski definition) is 2. The van der Waals surface area contributed by atoms with Crippen molar-refractivity contribution >= 4 is 22.4 Å². The third-order valence-electron chi connectivity index (χ3n) is 6.50. The van der Waals surface area contributed by atoms with Gasteiger partial charge in [-0.2, -0.15) is 23.5 Å². The van der Waals surface area contributed by atoms with Gasteiger partial charge in [-0.25, -0.2) is 0 Å². The number of pyridine rings is 1. The lowest BCUT2D eigenvalue weighted by Crippen LogP contribution is -2.41. The molecule has 0 amide bonds. The molecule has 7 nitrogen and oxygen atoms in total. The maximum atomic E-state index is 13.8. The fourth-order valence-electron chi connectivity index (χ4n) is 4.68. The second-order valence-corrected chi connectivity index (χ2v) is 8.61. The van der Waals surface area contributed by atoms with Crippen LogP contribution in [0.5, 0.6) is 0 Å². The summed E-state index contributed by atoms with van der Waals surface area (Å²) < 4.78 is 48.2. The van der Waals surface area contributed by atoms with E-state index in [-0.39, 0.29) is 36.6 Å². The van der Waals surface area contributed by atoms with Gasteiger partial charge >= 0.3 is 6.18 Å². The molecule has 10 heteroatoms. The Labute approximate surface area is 187 Å². The van der Waals surface area contributed by atoms with Crippen LogP contribution in [-0.4, -0.2) is 27.5 Å². The molecule has 0 spiro atoms. The number of nitrogens with zero attached hydrogens (tertiary/aromatic N) is 3. The van der Waals surface area contributed by atoms with Crippen LogP contribution in [0, 0.1) is 17.2 Å². The predicted octanol–water partition coefficient (Wildman–Crippen LogP) is 4.90. The molecule has 2 atom stereocenters. The molecule has 2 unspecified atom stereocenters. The van der Waals surface area contributed by atoms with E-state index in [1.54, 1.807) is 10.7 Å². The smallest absolute Gasteiger partial charge is 0.361 e. The molecule has 2 N–H and O–H groups in total. The van der Waals surface area contributed by atoms with E-state index in [0.717, 1.165) is 12.8 Å². The summed E-state index contributed by atoms with van der Waals surface area (Å²) >= 11 is 0. The van der Waals surface area contributed by atoms with Crippen molar-refractivity contribution in [2.75, 3.05) is 11.9 Å². The first-order valence-electron chi connectivity index (χ1n) is 10.9. The van der Waals surface area contributed by atoms with Crippen LogP contribution >= 0.6 is 0 Å². The molecule has 33 heavy (non-hydrogen) atoms. The highest BCUT2D eigenvalue weighted by molar-refractivity contribution is 5.91. The predicted molar refractivity (Wildman–Crippen MR) is 115 cm³/mol. The second kappa shape index (κ2) is 7.92. The van der Waals surface area contributed by atoms with Crippen molar-refractivity contribution in [2.24, 2.45) is 5.92 Å². The van der Waals surface area contributed by atoms with Gasteiger partial charge < -0.3 is 15.0 Å². The Morgan fingerprint density at radius 2 is 2.06 bits per heavy atom.